The van der Waals surface area contributed by atoms with Crippen LogP contribution in [0.1, 0.15) is 31.2 Å². The van der Waals surface area contributed by atoms with E-state index in [1.807, 2.05) is 37.3 Å². The second kappa shape index (κ2) is 6.28. The van der Waals surface area contributed by atoms with Crippen LogP contribution in [0.2, 0.25) is 0 Å². The van der Waals surface area contributed by atoms with Gasteiger partial charge in [0.05, 0.1) is 12.3 Å². The Hall–Kier alpha value is -2.23. The van der Waals surface area contributed by atoms with Crippen molar-refractivity contribution in [3.8, 4) is 0 Å². The molecular formula is C16H20N2O2. The molecule has 1 amide bonds. The first kappa shape index (κ1) is 14.2. The van der Waals surface area contributed by atoms with Gasteiger partial charge in [0.15, 0.2) is 0 Å². The van der Waals surface area contributed by atoms with Crippen LogP contribution in [-0.4, -0.2) is 17.9 Å². The highest BCUT2D eigenvalue weighted by Gasteiger charge is 2.09. The van der Waals surface area contributed by atoms with Crippen LogP contribution in [-0.2, 0) is 11.3 Å². The highest BCUT2D eigenvalue weighted by atomic mass is 16.3. The summed E-state index contributed by atoms with van der Waals surface area (Å²) in [5.74, 6) is 0.962. The zero-order valence-corrected chi connectivity index (χ0v) is 12.1. The lowest BCUT2D eigenvalue weighted by Gasteiger charge is -2.17. The summed E-state index contributed by atoms with van der Waals surface area (Å²) in [5.41, 5.74) is 2.11. The van der Waals surface area contributed by atoms with Gasteiger partial charge in [0, 0.05) is 26.2 Å². The van der Waals surface area contributed by atoms with Crippen LogP contribution < -0.4 is 5.32 Å². The lowest BCUT2D eigenvalue weighted by molar-refractivity contribution is -0.128. The maximum atomic E-state index is 11.3. The quantitative estimate of drug-likeness (QED) is 0.907. The lowest BCUT2D eigenvalue weighted by atomic mass is 10.1. The molecule has 1 aromatic carbocycles. The van der Waals surface area contributed by atoms with Gasteiger partial charge in [0.1, 0.15) is 5.76 Å². The molecule has 0 saturated carbocycles. The number of anilines is 1. The number of hydrogen-bond donors (Lipinski definition) is 1. The largest absolute Gasteiger partial charge is 0.467 e. The van der Waals surface area contributed by atoms with Crippen molar-refractivity contribution >= 4 is 11.6 Å². The number of amides is 1. The van der Waals surface area contributed by atoms with Crippen molar-refractivity contribution in [1.29, 1.82) is 0 Å². The summed E-state index contributed by atoms with van der Waals surface area (Å²) in [6.45, 7) is 4.23. The molecule has 1 aromatic heterocycles. The van der Waals surface area contributed by atoms with Gasteiger partial charge in [-0.05, 0) is 36.8 Å². The number of benzene rings is 1. The Morgan fingerprint density at radius 3 is 2.80 bits per heavy atom. The standard InChI is InChI=1S/C16H20N2O2/c1-12(16-8-5-9-20-16)17-15-7-4-6-14(10-15)11-18(3)13(2)19/h4-10,12,17H,11H2,1-3H3. The number of furan rings is 1. The normalized spacial score (nSPS) is 11.9. The SMILES string of the molecule is CC(=O)N(C)Cc1cccc(NC(C)c2ccco2)c1. The van der Waals surface area contributed by atoms with Gasteiger partial charge in [-0.1, -0.05) is 12.1 Å². The van der Waals surface area contributed by atoms with Gasteiger partial charge in [-0.3, -0.25) is 4.79 Å². The van der Waals surface area contributed by atoms with E-state index in [-0.39, 0.29) is 11.9 Å². The fraction of sp³-hybridized carbons (Fsp3) is 0.312. The molecule has 2 aromatic rings. The minimum Gasteiger partial charge on any atom is -0.467 e. The minimum atomic E-state index is 0.0623. The van der Waals surface area contributed by atoms with E-state index in [1.165, 1.54) is 0 Å². The Morgan fingerprint density at radius 1 is 1.35 bits per heavy atom. The van der Waals surface area contributed by atoms with E-state index in [0.29, 0.717) is 6.54 Å². The van der Waals surface area contributed by atoms with Crippen LogP contribution in [0.5, 0.6) is 0 Å². The van der Waals surface area contributed by atoms with Crippen LogP contribution in [0.15, 0.2) is 47.1 Å². The maximum Gasteiger partial charge on any atom is 0.219 e. The van der Waals surface area contributed by atoms with Crippen LogP contribution >= 0.6 is 0 Å². The third kappa shape index (κ3) is 3.63. The average molecular weight is 272 g/mol. The monoisotopic (exact) mass is 272 g/mol. The Balaban J connectivity index is 2.04. The number of carbonyl (C=O) groups excluding carboxylic acids is 1. The van der Waals surface area contributed by atoms with E-state index < -0.39 is 0 Å². The average Bonchev–Trinajstić information content (AvgIpc) is 2.92. The summed E-state index contributed by atoms with van der Waals surface area (Å²) in [4.78, 5) is 13.0. The van der Waals surface area contributed by atoms with Crippen molar-refractivity contribution in [3.63, 3.8) is 0 Å². The topological polar surface area (TPSA) is 45.5 Å². The first-order valence-corrected chi connectivity index (χ1v) is 6.67. The van der Waals surface area contributed by atoms with Gasteiger partial charge in [-0.2, -0.15) is 0 Å². The molecule has 0 fully saturated rings. The summed E-state index contributed by atoms with van der Waals surface area (Å²) >= 11 is 0. The molecule has 1 atom stereocenters. The number of carbonyl (C=O) groups is 1. The zero-order valence-electron chi connectivity index (χ0n) is 12.1. The molecule has 1 unspecified atom stereocenters. The predicted molar refractivity (Wildman–Crippen MR) is 79.3 cm³/mol. The van der Waals surface area contributed by atoms with Gasteiger partial charge >= 0.3 is 0 Å². The summed E-state index contributed by atoms with van der Waals surface area (Å²) in [5, 5.41) is 3.39. The van der Waals surface area contributed by atoms with E-state index in [2.05, 4.69) is 11.4 Å². The molecule has 0 aliphatic rings. The molecule has 2 rings (SSSR count). The molecule has 20 heavy (non-hydrogen) atoms. The van der Waals surface area contributed by atoms with Crippen LogP contribution in [0.25, 0.3) is 0 Å². The molecule has 0 radical (unpaired) electrons. The second-order valence-electron chi connectivity index (χ2n) is 4.96. The van der Waals surface area contributed by atoms with Gasteiger partial charge in [-0.25, -0.2) is 0 Å². The van der Waals surface area contributed by atoms with Crippen molar-refractivity contribution in [1.82, 2.24) is 4.90 Å². The molecule has 0 spiro atoms. The summed E-state index contributed by atoms with van der Waals surface area (Å²) in [7, 11) is 1.80. The molecule has 1 N–H and O–H groups in total. The summed E-state index contributed by atoms with van der Waals surface area (Å²) in [6.07, 6.45) is 1.67. The second-order valence-corrected chi connectivity index (χ2v) is 4.96. The van der Waals surface area contributed by atoms with E-state index in [9.17, 15) is 4.79 Å². The number of nitrogens with zero attached hydrogens (tertiary/aromatic N) is 1. The molecule has 0 saturated heterocycles. The number of rotatable bonds is 5. The van der Waals surface area contributed by atoms with Crippen LogP contribution in [0.4, 0.5) is 5.69 Å². The molecular weight excluding hydrogens is 252 g/mol. The molecule has 0 aliphatic carbocycles. The molecule has 1 heterocycles. The van der Waals surface area contributed by atoms with E-state index in [4.69, 9.17) is 4.42 Å². The summed E-state index contributed by atoms with van der Waals surface area (Å²) in [6, 6.07) is 12.0. The fourth-order valence-corrected chi connectivity index (χ4v) is 2.00. The minimum absolute atomic E-state index is 0.0623. The van der Waals surface area contributed by atoms with Crippen LogP contribution in [0, 0.1) is 0 Å². The lowest BCUT2D eigenvalue weighted by Crippen LogP contribution is -2.23. The number of hydrogen-bond acceptors (Lipinski definition) is 3. The van der Waals surface area contributed by atoms with Crippen molar-refractivity contribution in [2.45, 2.75) is 26.4 Å². The van der Waals surface area contributed by atoms with Crippen LogP contribution in [0.3, 0.4) is 0 Å². The van der Waals surface area contributed by atoms with Gasteiger partial charge < -0.3 is 14.6 Å². The Morgan fingerprint density at radius 2 is 2.15 bits per heavy atom. The summed E-state index contributed by atoms with van der Waals surface area (Å²) < 4.78 is 5.38. The van der Waals surface area contributed by atoms with Gasteiger partial charge in [0.25, 0.3) is 0 Å². The van der Waals surface area contributed by atoms with E-state index in [1.54, 1.807) is 25.1 Å². The van der Waals surface area contributed by atoms with Crippen molar-refractivity contribution in [3.05, 3.63) is 54.0 Å². The van der Waals surface area contributed by atoms with E-state index in [0.717, 1.165) is 17.0 Å². The molecule has 4 nitrogen and oxygen atoms in total. The molecule has 0 bridgehead atoms. The predicted octanol–water partition coefficient (Wildman–Crippen LogP) is 3.43. The first-order chi connectivity index (χ1) is 9.56. The third-order valence-corrected chi connectivity index (χ3v) is 3.24. The first-order valence-electron chi connectivity index (χ1n) is 6.67. The smallest absolute Gasteiger partial charge is 0.219 e. The van der Waals surface area contributed by atoms with Crippen molar-refractivity contribution in [2.75, 3.05) is 12.4 Å². The Bertz CT molecular complexity index is 564. The maximum absolute atomic E-state index is 11.3. The highest BCUT2D eigenvalue weighted by Crippen LogP contribution is 2.20. The van der Waals surface area contributed by atoms with Crippen molar-refractivity contribution in [2.24, 2.45) is 0 Å². The highest BCUT2D eigenvalue weighted by molar-refractivity contribution is 5.72. The zero-order chi connectivity index (χ0) is 14.5. The molecule has 0 aliphatic heterocycles. The fourth-order valence-electron chi connectivity index (χ4n) is 2.00. The van der Waals surface area contributed by atoms with Crippen molar-refractivity contribution < 1.29 is 9.21 Å². The molecule has 106 valence electrons. The molecule has 4 heteroatoms. The Labute approximate surface area is 119 Å². The Kier molecular flexibility index (Phi) is 4.45. The van der Waals surface area contributed by atoms with E-state index >= 15 is 0 Å². The third-order valence-electron chi connectivity index (χ3n) is 3.24. The van der Waals surface area contributed by atoms with Gasteiger partial charge in [-0.15, -0.1) is 0 Å². The van der Waals surface area contributed by atoms with Gasteiger partial charge in [0.2, 0.25) is 5.91 Å². The number of nitrogens with one attached hydrogen (secondary N) is 1.